The van der Waals surface area contributed by atoms with Gasteiger partial charge in [0.15, 0.2) is 0 Å². The molecule has 0 N–H and O–H groups in total. The number of hydrogen-bond acceptors (Lipinski definition) is 4. The van der Waals surface area contributed by atoms with Gasteiger partial charge in [-0.1, -0.05) is 46.3 Å². The molecule has 0 saturated carbocycles. The smallest absolute Gasteiger partial charge is 0.215 e. The molecule has 0 spiro atoms. The van der Waals surface area contributed by atoms with Crippen molar-refractivity contribution in [2.24, 2.45) is 0 Å². The van der Waals surface area contributed by atoms with Crippen molar-refractivity contribution in [2.45, 2.75) is 6.54 Å². The Labute approximate surface area is 129 Å². The highest BCUT2D eigenvalue weighted by Crippen LogP contribution is 2.11. The molecule has 0 aliphatic heterocycles. The maximum atomic E-state index is 12.2. The molecular formula is C12H18BrNO4S2. The quantitative estimate of drug-likeness (QED) is 0.633. The summed E-state index contributed by atoms with van der Waals surface area (Å²) >= 11 is 3.22. The Kier molecular flexibility index (Phi) is 6.63. The molecule has 20 heavy (non-hydrogen) atoms. The van der Waals surface area contributed by atoms with Crippen LogP contribution in [0.25, 0.3) is 0 Å². The van der Waals surface area contributed by atoms with E-state index in [1.807, 2.05) is 30.3 Å². The summed E-state index contributed by atoms with van der Waals surface area (Å²) in [6.45, 7) is 0.555. The molecule has 0 saturated heterocycles. The second kappa shape index (κ2) is 7.53. The predicted molar refractivity (Wildman–Crippen MR) is 84.1 cm³/mol. The largest absolute Gasteiger partial charge is 0.229 e. The number of alkyl halides is 1. The average Bonchev–Trinajstić information content (AvgIpc) is 2.37. The fourth-order valence-corrected chi connectivity index (χ4v) is 5.27. The highest BCUT2D eigenvalue weighted by Gasteiger charge is 2.23. The number of halogens is 1. The van der Waals surface area contributed by atoms with Crippen molar-refractivity contribution in [3.05, 3.63) is 35.9 Å². The van der Waals surface area contributed by atoms with E-state index in [1.165, 1.54) is 4.31 Å². The van der Waals surface area contributed by atoms with E-state index >= 15 is 0 Å². The SMILES string of the molecule is CS(=O)(=O)CCS(=O)(=O)N(CCBr)Cc1ccccc1. The molecule has 0 fully saturated rings. The van der Waals surface area contributed by atoms with Crippen LogP contribution in [0, 0.1) is 0 Å². The maximum absolute atomic E-state index is 12.2. The first-order valence-corrected chi connectivity index (χ1v) is 10.8. The van der Waals surface area contributed by atoms with E-state index in [2.05, 4.69) is 15.9 Å². The minimum Gasteiger partial charge on any atom is -0.229 e. The number of hydrogen-bond donors (Lipinski definition) is 0. The standard InChI is InChI=1S/C12H18BrNO4S2/c1-19(15,16)9-10-20(17,18)14(8-7-13)11-12-5-3-2-4-6-12/h2-6H,7-11H2,1H3. The van der Waals surface area contributed by atoms with E-state index in [4.69, 9.17) is 0 Å². The number of nitrogens with zero attached hydrogens (tertiary/aromatic N) is 1. The first-order valence-electron chi connectivity index (χ1n) is 6.00. The van der Waals surface area contributed by atoms with Crippen molar-refractivity contribution in [1.82, 2.24) is 4.31 Å². The number of sulfone groups is 1. The van der Waals surface area contributed by atoms with Crippen LogP contribution < -0.4 is 0 Å². The van der Waals surface area contributed by atoms with Gasteiger partial charge in [0.05, 0.1) is 11.5 Å². The summed E-state index contributed by atoms with van der Waals surface area (Å²) in [5.74, 6) is -0.741. The fraction of sp³-hybridized carbons (Fsp3) is 0.500. The van der Waals surface area contributed by atoms with Crippen LogP contribution in [-0.2, 0) is 26.4 Å². The lowest BCUT2D eigenvalue weighted by Crippen LogP contribution is -2.36. The van der Waals surface area contributed by atoms with Crippen molar-refractivity contribution in [3.8, 4) is 0 Å². The molecule has 1 rings (SSSR count). The van der Waals surface area contributed by atoms with Gasteiger partial charge in [-0.3, -0.25) is 0 Å². The maximum Gasteiger partial charge on any atom is 0.215 e. The molecule has 8 heteroatoms. The van der Waals surface area contributed by atoms with Gasteiger partial charge in [0.1, 0.15) is 9.84 Å². The molecule has 0 aliphatic carbocycles. The van der Waals surface area contributed by atoms with Gasteiger partial charge in [0.2, 0.25) is 10.0 Å². The number of benzene rings is 1. The molecule has 1 aromatic carbocycles. The van der Waals surface area contributed by atoms with Crippen LogP contribution in [0.5, 0.6) is 0 Å². The normalized spacial score (nSPS) is 12.8. The number of sulfonamides is 1. The molecule has 5 nitrogen and oxygen atoms in total. The van der Waals surface area contributed by atoms with Crippen molar-refractivity contribution < 1.29 is 16.8 Å². The summed E-state index contributed by atoms with van der Waals surface area (Å²) in [5.41, 5.74) is 0.872. The van der Waals surface area contributed by atoms with E-state index in [-0.39, 0.29) is 18.1 Å². The van der Waals surface area contributed by atoms with Crippen molar-refractivity contribution in [3.63, 3.8) is 0 Å². The molecule has 0 atom stereocenters. The van der Waals surface area contributed by atoms with Gasteiger partial charge in [-0.25, -0.2) is 16.8 Å². The average molecular weight is 384 g/mol. The van der Waals surface area contributed by atoms with Gasteiger partial charge in [-0.15, -0.1) is 0 Å². The minimum absolute atomic E-state index is 0.249. The predicted octanol–water partition coefficient (Wildman–Crippen LogP) is 1.26. The van der Waals surface area contributed by atoms with E-state index in [9.17, 15) is 16.8 Å². The van der Waals surface area contributed by atoms with Crippen molar-refractivity contribution in [1.29, 1.82) is 0 Å². The summed E-state index contributed by atoms with van der Waals surface area (Å²) in [6, 6.07) is 9.21. The van der Waals surface area contributed by atoms with Crippen LogP contribution >= 0.6 is 15.9 Å². The van der Waals surface area contributed by atoms with Crippen LogP contribution in [0.4, 0.5) is 0 Å². The molecule has 0 radical (unpaired) electrons. The summed E-state index contributed by atoms with van der Waals surface area (Å²) in [7, 11) is -6.89. The van der Waals surface area contributed by atoms with Crippen LogP contribution in [0.3, 0.4) is 0 Å². The van der Waals surface area contributed by atoms with Crippen LogP contribution in [-0.4, -0.2) is 50.8 Å². The van der Waals surface area contributed by atoms with Crippen LogP contribution in [0.15, 0.2) is 30.3 Å². The zero-order valence-electron chi connectivity index (χ0n) is 11.2. The minimum atomic E-state index is -3.59. The molecule has 1 aromatic rings. The molecule has 0 bridgehead atoms. The monoisotopic (exact) mass is 383 g/mol. The molecule has 0 amide bonds. The topological polar surface area (TPSA) is 71.5 Å². The molecule has 0 aromatic heterocycles. The second-order valence-corrected chi connectivity index (χ2v) is 9.60. The van der Waals surface area contributed by atoms with Gasteiger partial charge in [-0.05, 0) is 5.56 Å². The lowest BCUT2D eigenvalue weighted by molar-refractivity contribution is 0.427. The Morgan fingerprint density at radius 1 is 1.05 bits per heavy atom. The van der Waals surface area contributed by atoms with Gasteiger partial charge in [0, 0.05) is 24.7 Å². The zero-order chi connectivity index (χ0) is 15.2. The third kappa shape index (κ3) is 6.34. The van der Waals surface area contributed by atoms with Gasteiger partial charge < -0.3 is 0 Å². The molecule has 114 valence electrons. The zero-order valence-corrected chi connectivity index (χ0v) is 14.4. The van der Waals surface area contributed by atoms with E-state index in [0.717, 1.165) is 11.8 Å². The number of rotatable bonds is 8. The Bertz CT molecular complexity index is 614. The molecule has 0 heterocycles. The van der Waals surface area contributed by atoms with Crippen LogP contribution in [0.1, 0.15) is 5.56 Å². The summed E-state index contributed by atoms with van der Waals surface area (Å²) in [5, 5.41) is 0.498. The van der Waals surface area contributed by atoms with Crippen molar-refractivity contribution >= 4 is 35.8 Å². The molecule has 0 unspecified atom stereocenters. The second-order valence-electron chi connectivity index (χ2n) is 4.45. The third-order valence-electron chi connectivity index (χ3n) is 2.64. The first-order chi connectivity index (χ1) is 9.24. The Hall–Kier alpha value is -0.440. The van der Waals surface area contributed by atoms with Gasteiger partial charge in [0.25, 0.3) is 0 Å². The van der Waals surface area contributed by atoms with E-state index in [1.54, 1.807) is 0 Å². The van der Waals surface area contributed by atoms with Crippen molar-refractivity contribution in [2.75, 3.05) is 29.6 Å². The first kappa shape index (κ1) is 17.6. The fourth-order valence-electron chi connectivity index (χ4n) is 1.58. The summed E-state index contributed by atoms with van der Waals surface area (Å²) in [4.78, 5) is 0. The van der Waals surface area contributed by atoms with E-state index < -0.39 is 19.9 Å². The highest BCUT2D eigenvalue weighted by molar-refractivity contribution is 9.09. The molecule has 0 aliphatic rings. The van der Waals surface area contributed by atoms with Gasteiger partial charge >= 0.3 is 0 Å². The lowest BCUT2D eigenvalue weighted by atomic mass is 10.2. The van der Waals surface area contributed by atoms with E-state index in [0.29, 0.717) is 11.9 Å². The third-order valence-corrected chi connectivity index (χ3v) is 6.02. The Morgan fingerprint density at radius 3 is 2.15 bits per heavy atom. The highest BCUT2D eigenvalue weighted by atomic mass is 79.9. The summed E-state index contributed by atoms with van der Waals surface area (Å²) < 4.78 is 48.0. The van der Waals surface area contributed by atoms with Gasteiger partial charge in [-0.2, -0.15) is 4.31 Å². The lowest BCUT2D eigenvalue weighted by Gasteiger charge is -2.21. The molecular weight excluding hydrogens is 366 g/mol. The van der Waals surface area contributed by atoms with Crippen LogP contribution in [0.2, 0.25) is 0 Å². The Morgan fingerprint density at radius 2 is 1.65 bits per heavy atom. The summed E-state index contributed by atoms with van der Waals surface area (Å²) in [6.07, 6.45) is 1.04. The Balaban J connectivity index is 2.84.